The summed E-state index contributed by atoms with van der Waals surface area (Å²) in [6.45, 7) is 11.6. The predicted octanol–water partition coefficient (Wildman–Crippen LogP) is -1.44. The number of carbonyl (C=O) groups excluding carboxylic acids is 10. The van der Waals surface area contributed by atoms with Crippen molar-refractivity contribution in [3.63, 3.8) is 0 Å². The van der Waals surface area contributed by atoms with Gasteiger partial charge in [0.1, 0.15) is 60.1 Å². The molecule has 28 nitrogen and oxygen atoms in total. The van der Waals surface area contributed by atoms with Gasteiger partial charge in [0, 0.05) is 74.3 Å². The van der Waals surface area contributed by atoms with Gasteiger partial charge in [0.25, 0.3) is 0 Å². The van der Waals surface area contributed by atoms with E-state index in [1.807, 2.05) is 6.07 Å². The molecule has 0 unspecified atom stereocenters. The third kappa shape index (κ3) is 19.0. The standard InChI is InChI=1S/C59H84N16O12/c1-8-63-53(84)44-16-12-24-75(44)56(87)39(15-11-23-64-57(60)61)68-54(85)46(58(2,3)4)74-55(86)47(59(5,6)7)73-51(82)40(25-32-17-19-35(77)20-18-32)69-52(83)43(30-76)72-49(80)41(26-33-28-65-37-14-10-9-13-36(33)37)70-50(81)42(27-34-29-62-31-66-34)71-48(79)38-21-22-45(78)67-38/h9-10,13-14,17-20,28-29,31,38-44,46-47,65,76-77H,8,11-12,15-16,21-27,30H2,1-7H3,(H,62,66)(H,63,84)(H,67,78)(H,68,85)(H,69,83)(H,70,81)(H,71,79)(H,72,80)(H,73,82)(H,74,86)(H4,60,61,64)/t38-,39-,40-,41-,42-,43-,44-,46+,47-/m0/s1. The first-order valence-electron chi connectivity index (χ1n) is 29.1. The van der Waals surface area contributed by atoms with Crippen molar-refractivity contribution < 1.29 is 58.2 Å². The number of aromatic nitrogens is 3. The lowest BCUT2D eigenvalue weighted by atomic mass is 9.83. The first kappa shape index (κ1) is 67.1. The Morgan fingerprint density at radius 3 is 1.90 bits per heavy atom. The molecule has 17 N–H and O–H groups in total. The lowest BCUT2D eigenvalue weighted by Crippen LogP contribution is -2.64. The van der Waals surface area contributed by atoms with Gasteiger partial charge in [-0.15, -0.1) is 0 Å². The fourth-order valence-electron chi connectivity index (χ4n) is 10.4. The van der Waals surface area contributed by atoms with Crippen molar-refractivity contribution in [2.45, 2.75) is 161 Å². The summed E-state index contributed by atoms with van der Waals surface area (Å²) in [7, 11) is 0. The molecular weight excluding hydrogens is 1120 g/mol. The first-order chi connectivity index (χ1) is 41.2. The van der Waals surface area contributed by atoms with E-state index in [4.69, 9.17) is 11.5 Å². The number of hydrogen-bond donors (Lipinski definition) is 15. The van der Waals surface area contributed by atoms with E-state index >= 15 is 0 Å². The molecule has 0 aliphatic carbocycles. The number of likely N-dealkylation sites (N-methyl/N-ethyl adjacent to an activating group) is 1. The maximum atomic E-state index is 14.8. The number of fused-ring (bicyclic) bond motifs is 1. The minimum atomic E-state index is -1.76. The molecule has 9 atom stereocenters. The normalized spacial score (nSPS) is 17.4. The van der Waals surface area contributed by atoms with E-state index in [0.717, 1.165) is 0 Å². The summed E-state index contributed by atoms with van der Waals surface area (Å²) in [4.78, 5) is 156. The number of rotatable bonds is 28. The minimum absolute atomic E-state index is 0.0707. The van der Waals surface area contributed by atoms with E-state index in [2.05, 4.69) is 67.8 Å². The molecule has 87 heavy (non-hydrogen) atoms. The van der Waals surface area contributed by atoms with E-state index < -0.39 is 119 Å². The summed E-state index contributed by atoms with van der Waals surface area (Å²) in [6, 6.07) is 1.27. The van der Waals surface area contributed by atoms with Crippen LogP contribution in [0.15, 0.2) is 72.2 Å². The fourth-order valence-corrected chi connectivity index (χ4v) is 10.4. The van der Waals surface area contributed by atoms with Crippen molar-refractivity contribution in [2.24, 2.45) is 27.3 Å². The number of benzene rings is 2. The van der Waals surface area contributed by atoms with Gasteiger partial charge in [0.2, 0.25) is 59.1 Å². The highest BCUT2D eigenvalue weighted by atomic mass is 16.3. The number of hydrogen-bond acceptors (Lipinski definition) is 14. The third-order valence-corrected chi connectivity index (χ3v) is 15.1. The number of aliphatic hydroxyl groups is 1. The number of para-hydroxylation sites is 1. The number of aliphatic imine (C=N–C) groups is 1. The fraction of sp³-hybridized carbons (Fsp3) is 0.525. The van der Waals surface area contributed by atoms with Crippen LogP contribution in [0.2, 0.25) is 0 Å². The van der Waals surface area contributed by atoms with Crippen LogP contribution in [-0.4, -0.2) is 176 Å². The molecule has 2 saturated heterocycles. The Bertz CT molecular complexity index is 3110. The molecule has 0 saturated carbocycles. The topological polar surface area (TPSA) is 432 Å². The number of guanidine groups is 1. The number of likely N-dealkylation sites (tertiary alicyclic amines) is 1. The summed E-state index contributed by atoms with van der Waals surface area (Å²) in [5.74, 6) is -7.32. The zero-order valence-electron chi connectivity index (χ0n) is 50.2. The van der Waals surface area contributed by atoms with Crippen LogP contribution >= 0.6 is 0 Å². The number of phenolic OH excluding ortho intramolecular Hbond substituents is 1. The molecule has 2 aromatic heterocycles. The largest absolute Gasteiger partial charge is 0.508 e. The van der Waals surface area contributed by atoms with Crippen LogP contribution in [0.4, 0.5) is 0 Å². The maximum Gasteiger partial charge on any atom is 0.245 e. The Labute approximate surface area is 504 Å². The van der Waals surface area contributed by atoms with Gasteiger partial charge in [-0.2, -0.15) is 0 Å². The predicted molar refractivity (Wildman–Crippen MR) is 320 cm³/mol. The van der Waals surface area contributed by atoms with Gasteiger partial charge in [-0.25, -0.2) is 4.98 Å². The number of imidazole rings is 1. The molecule has 4 aromatic rings. The SMILES string of the molecule is CCNC(=O)[C@@H]1CCCN1C(=O)[C@H](CCCN=C(N)N)NC(=O)[C@@H](NC(=O)[C@H](NC(=O)[C@H](Cc1ccc(O)cc1)NC(=O)[C@H](CO)NC(=O)[C@H](Cc1c[nH]c2ccccc12)NC(=O)[C@H](Cc1cnc[nH]1)NC(=O)[C@@H]1CCC(=O)N1)C(C)(C)C)C(C)(C)C. The number of nitrogens with one attached hydrogen (secondary N) is 11. The van der Waals surface area contributed by atoms with Gasteiger partial charge in [0.05, 0.1) is 12.9 Å². The van der Waals surface area contributed by atoms with Crippen molar-refractivity contribution >= 4 is 75.9 Å². The third-order valence-electron chi connectivity index (χ3n) is 15.1. The average molecular weight is 1210 g/mol. The highest BCUT2D eigenvalue weighted by molar-refractivity contribution is 6.00. The molecule has 4 heterocycles. The molecule has 2 aliphatic rings. The van der Waals surface area contributed by atoms with Crippen molar-refractivity contribution in [1.82, 2.24) is 67.7 Å². The Balaban J connectivity index is 1.23. The number of aliphatic hydroxyl groups excluding tert-OH is 1. The van der Waals surface area contributed by atoms with Crippen LogP contribution in [0.3, 0.4) is 0 Å². The van der Waals surface area contributed by atoms with Crippen LogP contribution in [0.5, 0.6) is 5.75 Å². The highest BCUT2D eigenvalue weighted by Gasteiger charge is 2.43. The lowest BCUT2D eigenvalue weighted by Gasteiger charge is -2.37. The first-order valence-corrected chi connectivity index (χ1v) is 29.1. The van der Waals surface area contributed by atoms with E-state index in [-0.39, 0.29) is 81.6 Å². The zero-order chi connectivity index (χ0) is 63.8. The second-order valence-electron chi connectivity index (χ2n) is 24.0. The van der Waals surface area contributed by atoms with E-state index in [9.17, 15) is 58.2 Å². The molecule has 0 radical (unpaired) electrons. The second kappa shape index (κ2) is 30.3. The number of nitrogens with zero attached hydrogens (tertiary/aromatic N) is 3. The molecule has 28 heteroatoms. The summed E-state index contributed by atoms with van der Waals surface area (Å²) in [6.07, 6.45) is 5.58. The molecule has 0 bridgehead atoms. The van der Waals surface area contributed by atoms with Gasteiger partial charge in [-0.3, -0.25) is 52.9 Å². The Morgan fingerprint density at radius 2 is 1.30 bits per heavy atom. The molecule has 2 aromatic carbocycles. The van der Waals surface area contributed by atoms with Crippen molar-refractivity contribution in [2.75, 3.05) is 26.2 Å². The quantitative estimate of drug-likeness (QED) is 0.0176. The number of nitrogens with two attached hydrogens (primary N) is 2. The van der Waals surface area contributed by atoms with Gasteiger partial charge < -0.3 is 84.4 Å². The van der Waals surface area contributed by atoms with Gasteiger partial charge in [0.15, 0.2) is 5.96 Å². The molecule has 0 spiro atoms. The van der Waals surface area contributed by atoms with Gasteiger partial charge in [-0.1, -0.05) is 71.9 Å². The molecular formula is C59H84N16O12. The van der Waals surface area contributed by atoms with Crippen molar-refractivity contribution in [1.29, 1.82) is 0 Å². The van der Waals surface area contributed by atoms with Crippen molar-refractivity contribution in [3.05, 3.63) is 84.1 Å². The summed E-state index contributed by atoms with van der Waals surface area (Å²) >= 11 is 0. The van der Waals surface area contributed by atoms with Crippen LogP contribution in [0, 0.1) is 10.8 Å². The number of aromatic amines is 2. The Kier molecular flexibility index (Phi) is 23.4. The molecule has 2 aliphatic heterocycles. The van der Waals surface area contributed by atoms with E-state index in [0.29, 0.717) is 47.1 Å². The summed E-state index contributed by atoms with van der Waals surface area (Å²) in [5.41, 5.74) is 11.2. The number of carbonyl (C=O) groups is 10. The smallest absolute Gasteiger partial charge is 0.245 e. The van der Waals surface area contributed by atoms with E-state index in [1.165, 1.54) is 41.7 Å². The van der Waals surface area contributed by atoms with Gasteiger partial charge >= 0.3 is 0 Å². The zero-order valence-corrected chi connectivity index (χ0v) is 50.2. The molecule has 6 rings (SSSR count). The lowest BCUT2D eigenvalue weighted by molar-refractivity contribution is -0.142. The van der Waals surface area contributed by atoms with Crippen LogP contribution < -0.4 is 59.3 Å². The molecule has 10 amide bonds. The van der Waals surface area contributed by atoms with Crippen molar-refractivity contribution in [3.8, 4) is 5.75 Å². The molecule has 2 fully saturated rings. The second-order valence-corrected chi connectivity index (χ2v) is 24.0. The highest BCUT2D eigenvalue weighted by Crippen LogP contribution is 2.26. The summed E-state index contributed by atoms with van der Waals surface area (Å²) < 4.78 is 0. The number of H-pyrrole nitrogens is 2. The summed E-state index contributed by atoms with van der Waals surface area (Å²) in [5, 5.41) is 45.9. The van der Waals surface area contributed by atoms with Crippen LogP contribution in [0.1, 0.15) is 104 Å². The monoisotopic (exact) mass is 1210 g/mol. The van der Waals surface area contributed by atoms with Gasteiger partial charge in [-0.05, 0) is 79.2 Å². The molecule has 472 valence electrons. The number of aromatic hydroxyl groups is 1. The minimum Gasteiger partial charge on any atom is -0.508 e. The Hall–Kier alpha value is -9.08. The number of phenols is 1. The Morgan fingerprint density at radius 1 is 0.713 bits per heavy atom. The van der Waals surface area contributed by atoms with Crippen LogP contribution in [0.25, 0.3) is 10.9 Å². The number of amides is 10. The average Bonchev–Trinajstić information content (AvgIpc) is 2.33. The van der Waals surface area contributed by atoms with Crippen LogP contribution in [-0.2, 0) is 67.2 Å². The van der Waals surface area contributed by atoms with E-state index in [1.54, 1.807) is 72.9 Å². The maximum absolute atomic E-state index is 14.8.